The molecule has 0 fully saturated rings. The molecule has 0 aromatic heterocycles. The lowest BCUT2D eigenvalue weighted by Crippen LogP contribution is -1.91. The van der Waals surface area contributed by atoms with Crippen LogP contribution in [0.25, 0.3) is 0 Å². The summed E-state index contributed by atoms with van der Waals surface area (Å²) in [6.07, 6.45) is 0. The van der Waals surface area contributed by atoms with Gasteiger partial charge in [-0.3, -0.25) is 4.79 Å². The maximum Gasteiger partial charge on any atom is 0.298 e. The Labute approximate surface area is 71.1 Å². The van der Waals surface area contributed by atoms with E-state index < -0.39 is 5.82 Å². The lowest BCUT2D eigenvalue weighted by atomic mass is 10.3. The first kappa shape index (κ1) is 8.20. The average molecular weight is 219 g/mol. The molecule has 0 radical (unpaired) electrons. The molecule has 0 saturated carbocycles. The minimum atomic E-state index is -0.563. The quantitative estimate of drug-likeness (QED) is 0.712. The van der Waals surface area contributed by atoms with Gasteiger partial charge in [0.1, 0.15) is 0 Å². The highest BCUT2D eigenvalue weighted by atomic mass is 79.9. The molecule has 1 rings (SSSR count). The molecule has 0 bridgehead atoms. The van der Waals surface area contributed by atoms with Gasteiger partial charge >= 0.3 is 0 Å². The molecule has 0 aliphatic heterocycles. The van der Waals surface area contributed by atoms with E-state index in [4.69, 9.17) is 0 Å². The second kappa shape index (κ2) is 3.48. The van der Waals surface area contributed by atoms with Crippen LogP contribution in [0.1, 0.15) is 0 Å². The summed E-state index contributed by atoms with van der Waals surface area (Å²) < 4.78 is 17.6. The van der Waals surface area contributed by atoms with Crippen LogP contribution in [-0.2, 0) is 4.79 Å². The van der Waals surface area contributed by atoms with Gasteiger partial charge in [0.25, 0.3) is 6.47 Å². The first-order valence-electron chi connectivity index (χ1n) is 2.79. The Hall–Kier alpha value is -0.900. The first-order chi connectivity index (χ1) is 5.24. The molecular formula is C7H4BrFO2. The summed E-state index contributed by atoms with van der Waals surface area (Å²) in [6, 6.07) is 4.18. The third-order valence-corrected chi connectivity index (χ3v) is 1.56. The number of carbonyl (C=O) groups is 1. The highest BCUT2D eigenvalue weighted by Gasteiger charge is 2.01. The molecule has 11 heavy (non-hydrogen) atoms. The van der Waals surface area contributed by atoms with Gasteiger partial charge in [0.2, 0.25) is 0 Å². The normalized spacial score (nSPS) is 9.27. The van der Waals surface area contributed by atoms with Crippen molar-refractivity contribution in [1.29, 1.82) is 0 Å². The van der Waals surface area contributed by atoms with Crippen LogP contribution in [0.2, 0.25) is 0 Å². The van der Waals surface area contributed by atoms with Crippen LogP contribution in [0.5, 0.6) is 5.75 Å². The predicted octanol–water partition coefficient (Wildman–Crippen LogP) is 2.12. The van der Waals surface area contributed by atoms with Gasteiger partial charge in [0, 0.05) is 4.47 Å². The second-order valence-electron chi connectivity index (χ2n) is 1.79. The SMILES string of the molecule is O=COc1ccc(Br)cc1F. The third-order valence-electron chi connectivity index (χ3n) is 1.07. The van der Waals surface area contributed by atoms with Crippen molar-refractivity contribution in [3.05, 3.63) is 28.5 Å². The van der Waals surface area contributed by atoms with E-state index in [9.17, 15) is 9.18 Å². The fourth-order valence-corrected chi connectivity index (χ4v) is 0.956. The fourth-order valence-electron chi connectivity index (χ4n) is 0.623. The number of ether oxygens (including phenoxy) is 1. The molecule has 0 aliphatic carbocycles. The molecule has 0 atom stereocenters. The smallest absolute Gasteiger partial charge is 0.298 e. The predicted molar refractivity (Wildman–Crippen MR) is 40.8 cm³/mol. The molecule has 0 N–H and O–H groups in total. The van der Waals surface area contributed by atoms with E-state index in [1.807, 2.05) is 0 Å². The minimum Gasteiger partial charge on any atom is -0.426 e. The van der Waals surface area contributed by atoms with E-state index in [1.54, 1.807) is 6.07 Å². The molecule has 4 heteroatoms. The highest BCUT2D eigenvalue weighted by Crippen LogP contribution is 2.20. The fraction of sp³-hybridized carbons (Fsp3) is 0. The van der Waals surface area contributed by atoms with Crippen LogP contribution < -0.4 is 4.74 Å². The Morgan fingerprint density at radius 1 is 1.55 bits per heavy atom. The third kappa shape index (κ3) is 2.01. The van der Waals surface area contributed by atoms with Gasteiger partial charge in [0.15, 0.2) is 11.6 Å². The maximum absolute atomic E-state index is 12.7. The summed E-state index contributed by atoms with van der Waals surface area (Å²) in [7, 11) is 0. The van der Waals surface area contributed by atoms with Crippen molar-refractivity contribution in [2.24, 2.45) is 0 Å². The molecule has 58 valence electrons. The largest absolute Gasteiger partial charge is 0.426 e. The monoisotopic (exact) mass is 218 g/mol. The Morgan fingerprint density at radius 2 is 2.27 bits per heavy atom. The Kier molecular flexibility index (Phi) is 2.59. The van der Waals surface area contributed by atoms with Crippen molar-refractivity contribution in [2.45, 2.75) is 0 Å². The summed E-state index contributed by atoms with van der Waals surface area (Å²) >= 11 is 3.06. The lowest BCUT2D eigenvalue weighted by Gasteiger charge is -1.98. The van der Waals surface area contributed by atoms with Crippen molar-refractivity contribution in [1.82, 2.24) is 0 Å². The lowest BCUT2D eigenvalue weighted by molar-refractivity contribution is -0.120. The van der Waals surface area contributed by atoms with Gasteiger partial charge in [-0.1, -0.05) is 15.9 Å². The molecule has 0 heterocycles. The van der Waals surface area contributed by atoms with Crippen LogP contribution in [-0.4, -0.2) is 6.47 Å². The topological polar surface area (TPSA) is 26.3 Å². The summed E-state index contributed by atoms with van der Waals surface area (Å²) in [5.74, 6) is -0.630. The van der Waals surface area contributed by atoms with Crippen molar-refractivity contribution in [2.75, 3.05) is 0 Å². The van der Waals surface area contributed by atoms with E-state index in [0.717, 1.165) is 0 Å². The highest BCUT2D eigenvalue weighted by molar-refractivity contribution is 9.10. The molecule has 0 unspecified atom stereocenters. The van der Waals surface area contributed by atoms with Gasteiger partial charge in [-0.05, 0) is 18.2 Å². The molecule has 0 saturated heterocycles. The summed E-state index contributed by atoms with van der Waals surface area (Å²) in [5.41, 5.74) is 0. The van der Waals surface area contributed by atoms with Crippen LogP contribution in [0, 0.1) is 5.82 Å². The van der Waals surface area contributed by atoms with E-state index in [-0.39, 0.29) is 12.2 Å². The number of benzene rings is 1. The van der Waals surface area contributed by atoms with E-state index >= 15 is 0 Å². The summed E-state index contributed by atoms with van der Waals surface area (Å²) in [6.45, 7) is 0.187. The maximum atomic E-state index is 12.7. The van der Waals surface area contributed by atoms with Crippen molar-refractivity contribution in [3.8, 4) is 5.75 Å². The van der Waals surface area contributed by atoms with Gasteiger partial charge in [-0.15, -0.1) is 0 Å². The zero-order valence-corrected chi connectivity index (χ0v) is 6.97. The molecule has 0 aliphatic rings. The minimum absolute atomic E-state index is 0.0665. The van der Waals surface area contributed by atoms with Gasteiger partial charge in [0.05, 0.1) is 0 Å². The molecule has 2 nitrogen and oxygen atoms in total. The number of halogens is 2. The van der Waals surface area contributed by atoms with E-state index in [2.05, 4.69) is 20.7 Å². The van der Waals surface area contributed by atoms with Crippen LogP contribution in [0.3, 0.4) is 0 Å². The number of rotatable bonds is 2. The van der Waals surface area contributed by atoms with E-state index in [1.165, 1.54) is 12.1 Å². The molecular weight excluding hydrogens is 215 g/mol. The van der Waals surface area contributed by atoms with Crippen molar-refractivity contribution >= 4 is 22.4 Å². The average Bonchev–Trinajstić information content (AvgIpc) is 1.95. The zero-order valence-electron chi connectivity index (χ0n) is 5.38. The first-order valence-corrected chi connectivity index (χ1v) is 3.58. The van der Waals surface area contributed by atoms with E-state index in [0.29, 0.717) is 4.47 Å². The zero-order chi connectivity index (χ0) is 8.27. The number of hydrogen-bond acceptors (Lipinski definition) is 2. The molecule has 0 spiro atoms. The molecule has 0 amide bonds. The summed E-state index contributed by atoms with van der Waals surface area (Å²) in [5, 5.41) is 0. The Morgan fingerprint density at radius 3 is 2.82 bits per heavy atom. The Balaban J connectivity index is 2.98. The summed E-state index contributed by atoms with van der Waals surface area (Å²) in [4.78, 5) is 9.81. The van der Waals surface area contributed by atoms with Gasteiger partial charge < -0.3 is 4.74 Å². The van der Waals surface area contributed by atoms with Crippen LogP contribution in [0.15, 0.2) is 22.7 Å². The standard InChI is InChI=1S/C7H4BrFO2/c8-5-1-2-7(11-4-10)6(9)3-5/h1-4H. The molecule has 1 aromatic carbocycles. The van der Waals surface area contributed by atoms with Crippen molar-refractivity contribution in [3.63, 3.8) is 0 Å². The second-order valence-corrected chi connectivity index (χ2v) is 2.70. The van der Waals surface area contributed by atoms with Crippen LogP contribution >= 0.6 is 15.9 Å². The Bertz CT molecular complexity index is 275. The van der Waals surface area contributed by atoms with Gasteiger partial charge in [-0.2, -0.15) is 0 Å². The number of hydrogen-bond donors (Lipinski definition) is 0. The van der Waals surface area contributed by atoms with Gasteiger partial charge in [-0.25, -0.2) is 4.39 Å². The van der Waals surface area contributed by atoms with Crippen LogP contribution in [0.4, 0.5) is 4.39 Å². The molecule has 1 aromatic rings. The number of carbonyl (C=O) groups excluding carboxylic acids is 1. The van der Waals surface area contributed by atoms with Crippen molar-refractivity contribution < 1.29 is 13.9 Å².